The molecule has 1 N–H and O–H groups in total. The van der Waals surface area contributed by atoms with Crippen molar-refractivity contribution in [1.82, 2.24) is 4.90 Å². The van der Waals surface area contributed by atoms with Crippen LogP contribution >= 0.6 is 0 Å². The first kappa shape index (κ1) is 23.0. The average Bonchev–Trinajstić information content (AvgIpc) is 3.42. The van der Waals surface area contributed by atoms with Crippen molar-refractivity contribution in [2.45, 2.75) is 32.5 Å². The fourth-order valence-electron chi connectivity index (χ4n) is 5.07. The summed E-state index contributed by atoms with van der Waals surface area (Å²) in [7, 11) is 0. The zero-order chi connectivity index (χ0) is 24.1. The molecule has 33 heavy (non-hydrogen) atoms. The van der Waals surface area contributed by atoms with Gasteiger partial charge in [-0.2, -0.15) is 13.2 Å². The molecule has 3 amide bonds. The summed E-state index contributed by atoms with van der Waals surface area (Å²) in [5.74, 6) is -3.96. The molecular weight excluding hydrogens is 441 g/mol. The highest BCUT2D eigenvalue weighted by molar-refractivity contribution is 6.09. The Morgan fingerprint density at radius 2 is 1.73 bits per heavy atom. The Hall–Kier alpha value is -3.17. The molecule has 4 rings (SSSR count). The maximum absolute atomic E-state index is 13.0. The van der Waals surface area contributed by atoms with Crippen LogP contribution in [0.3, 0.4) is 0 Å². The third-order valence-electron chi connectivity index (χ3n) is 6.47. The lowest BCUT2D eigenvalue weighted by Crippen LogP contribution is -2.50. The Balaban J connectivity index is 1.40. The number of nitrogens with zero attached hydrogens (tertiary/aromatic N) is 1. The summed E-state index contributed by atoms with van der Waals surface area (Å²) in [6.07, 6.45) is 0.0790. The molecule has 2 bridgehead atoms. The SMILES string of the molecule is CC(C)[C@@H](C(=O)OCC(=O)Nc1cccc(C(F)(F)F)c1)N1C(=O)[C@@H]2[C@H](C1=O)[C@H]1C=C[C@H]2C1. The number of likely N-dealkylation sites (tertiary alicyclic amines) is 1. The number of fused-ring (bicyclic) bond motifs is 5. The van der Waals surface area contributed by atoms with Crippen LogP contribution in [0.25, 0.3) is 0 Å². The molecule has 0 unspecified atom stereocenters. The van der Waals surface area contributed by atoms with Gasteiger partial charge in [-0.1, -0.05) is 32.1 Å². The van der Waals surface area contributed by atoms with Gasteiger partial charge in [0, 0.05) is 5.69 Å². The summed E-state index contributed by atoms with van der Waals surface area (Å²) in [6, 6.07) is 2.86. The summed E-state index contributed by atoms with van der Waals surface area (Å²) in [5.41, 5.74) is -1.04. The molecule has 7 nitrogen and oxygen atoms in total. The van der Waals surface area contributed by atoms with Crippen LogP contribution in [0.2, 0.25) is 0 Å². The van der Waals surface area contributed by atoms with Crippen LogP contribution < -0.4 is 5.32 Å². The molecule has 1 aromatic rings. The summed E-state index contributed by atoms with van der Waals surface area (Å²) in [6.45, 7) is 2.56. The zero-order valence-corrected chi connectivity index (χ0v) is 18.0. The monoisotopic (exact) mass is 464 g/mol. The highest BCUT2D eigenvalue weighted by atomic mass is 19.4. The Kier molecular flexibility index (Phi) is 5.79. The first-order chi connectivity index (χ1) is 15.5. The molecule has 1 heterocycles. The van der Waals surface area contributed by atoms with Gasteiger partial charge in [0.15, 0.2) is 6.61 Å². The number of ether oxygens (including phenoxy) is 1. The number of allylic oxidation sites excluding steroid dienone is 2. The number of imide groups is 1. The van der Waals surface area contributed by atoms with Gasteiger partial charge in [0.1, 0.15) is 6.04 Å². The Bertz CT molecular complexity index is 1010. The van der Waals surface area contributed by atoms with E-state index in [-0.39, 0.29) is 17.5 Å². The maximum atomic E-state index is 13.0. The van der Waals surface area contributed by atoms with Crippen LogP contribution in [0.15, 0.2) is 36.4 Å². The molecule has 2 fully saturated rings. The fraction of sp³-hybridized carbons (Fsp3) is 0.478. The number of nitrogens with one attached hydrogen (secondary N) is 1. The quantitative estimate of drug-likeness (QED) is 0.397. The number of rotatable bonds is 6. The van der Waals surface area contributed by atoms with E-state index in [1.807, 2.05) is 12.2 Å². The van der Waals surface area contributed by atoms with Crippen molar-refractivity contribution in [3.8, 4) is 0 Å². The molecule has 0 radical (unpaired) electrons. The lowest BCUT2D eigenvalue weighted by molar-refractivity contribution is -0.162. The smallest absolute Gasteiger partial charge is 0.416 e. The molecule has 1 aliphatic heterocycles. The van der Waals surface area contributed by atoms with Crippen molar-refractivity contribution in [3.63, 3.8) is 0 Å². The highest BCUT2D eigenvalue weighted by Crippen LogP contribution is 2.53. The number of anilines is 1. The van der Waals surface area contributed by atoms with Crippen LogP contribution in [-0.2, 0) is 30.1 Å². The van der Waals surface area contributed by atoms with Gasteiger partial charge in [0.05, 0.1) is 17.4 Å². The summed E-state index contributed by atoms with van der Waals surface area (Å²) in [4.78, 5) is 52.0. The average molecular weight is 464 g/mol. The number of benzene rings is 1. The van der Waals surface area contributed by atoms with Crippen molar-refractivity contribution < 1.29 is 37.1 Å². The first-order valence-corrected chi connectivity index (χ1v) is 10.7. The van der Waals surface area contributed by atoms with Crippen molar-refractivity contribution in [3.05, 3.63) is 42.0 Å². The van der Waals surface area contributed by atoms with Crippen LogP contribution in [0.5, 0.6) is 0 Å². The molecule has 5 atom stereocenters. The second kappa shape index (κ2) is 8.31. The Morgan fingerprint density at radius 3 is 2.27 bits per heavy atom. The molecule has 1 aromatic carbocycles. The third kappa shape index (κ3) is 4.14. The molecule has 0 spiro atoms. The molecule has 2 aliphatic carbocycles. The normalized spacial score (nSPS) is 26.7. The lowest BCUT2D eigenvalue weighted by atomic mass is 9.85. The maximum Gasteiger partial charge on any atom is 0.416 e. The second-order valence-corrected chi connectivity index (χ2v) is 8.97. The summed E-state index contributed by atoms with van der Waals surface area (Å²) < 4.78 is 43.5. The van der Waals surface area contributed by atoms with Gasteiger partial charge >= 0.3 is 12.1 Å². The number of esters is 1. The minimum atomic E-state index is -4.57. The Morgan fingerprint density at radius 1 is 1.12 bits per heavy atom. The van der Waals surface area contributed by atoms with Gasteiger partial charge in [-0.25, -0.2) is 4.79 Å². The number of hydrogen-bond donors (Lipinski definition) is 1. The molecule has 176 valence electrons. The van der Waals surface area contributed by atoms with E-state index in [9.17, 15) is 32.3 Å². The molecule has 0 aromatic heterocycles. The Labute approximate surface area is 187 Å². The van der Waals surface area contributed by atoms with Crippen molar-refractivity contribution in [2.75, 3.05) is 11.9 Å². The van der Waals surface area contributed by atoms with E-state index >= 15 is 0 Å². The standard InChI is InChI=1S/C23H23F3N2O5/c1-11(2)19(28-20(30)17-12-6-7-13(8-12)18(17)21(28)31)22(32)33-10-16(29)27-15-5-3-4-14(9-15)23(24,25)26/h3-7,9,11-13,17-19H,8,10H2,1-2H3,(H,27,29)/t12-,13-,17-,18+,19-/m0/s1. The van der Waals surface area contributed by atoms with Crippen molar-refractivity contribution >= 4 is 29.4 Å². The van der Waals surface area contributed by atoms with Crippen LogP contribution in [-0.4, -0.2) is 41.2 Å². The van der Waals surface area contributed by atoms with Crippen molar-refractivity contribution in [2.24, 2.45) is 29.6 Å². The number of hydrogen-bond acceptors (Lipinski definition) is 5. The number of carbonyl (C=O) groups is 4. The first-order valence-electron chi connectivity index (χ1n) is 10.7. The molecule has 1 saturated carbocycles. The van der Waals surface area contributed by atoms with E-state index in [4.69, 9.17) is 4.74 Å². The number of alkyl halides is 3. The van der Waals surface area contributed by atoms with E-state index < -0.39 is 65.8 Å². The van der Waals surface area contributed by atoms with Crippen LogP contribution in [0, 0.1) is 29.6 Å². The fourth-order valence-corrected chi connectivity index (χ4v) is 5.07. The van der Waals surface area contributed by atoms with E-state index in [1.165, 1.54) is 6.07 Å². The van der Waals surface area contributed by atoms with E-state index in [1.54, 1.807) is 13.8 Å². The predicted octanol–water partition coefficient (Wildman–Crippen LogP) is 3.02. The van der Waals surface area contributed by atoms with E-state index in [2.05, 4.69) is 5.32 Å². The van der Waals surface area contributed by atoms with Crippen LogP contribution in [0.1, 0.15) is 25.8 Å². The molecule has 3 aliphatic rings. The predicted molar refractivity (Wildman–Crippen MR) is 109 cm³/mol. The van der Waals surface area contributed by atoms with E-state index in [0.717, 1.165) is 29.5 Å². The molecule has 10 heteroatoms. The minimum absolute atomic E-state index is 0.0106. The second-order valence-electron chi connectivity index (χ2n) is 8.97. The van der Waals surface area contributed by atoms with Gasteiger partial charge in [0.25, 0.3) is 5.91 Å². The zero-order valence-electron chi connectivity index (χ0n) is 18.0. The summed E-state index contributed by atoms with van der Waals surface area (Å²) >= 11 is 0. The number of amides is 3. The highest BCUT2D eigenvalue weighted by Gasteiger charge is 2.61. The van der Waals surface area contributed by atoms with Gasteiger partial charge in [-0.3, -0.25) is 19.3 Å². The minimum Gasteiger partial charge on any atom is -0.454 e. The van der Waals surface area contributed by atoms with Gasteiger partial charge in [0.2, 0.25) is 11.8 Å². The number of halogens is 3. The van der Waals surface area contributed by atoms with Gasteiger partial charge < -0.3 is 10.1 Å². The lowest BCUT2D eigenvalue weighted by Gasteiger charge is -2.28. The topological polar surface area (TPSA) is 92.8 Å². The molecule has 1 saturated heterocycles. The number of carbonyl (C=O) groups excluding carboxylic acids is 4. The van der Waals surface area contributed by atoms with E-state index in [0.29, 0.717) is 0 Å². The molecular formula is C23H23F3N2O5. The largest absolute Gasteiger partial charge is 0.454 e. The van der Waals surface area contributed by atoms with Gasteiger partial charge in [-0.05, 0) is 42.4 Å². The summed E-state index contributed by atoms with van der Waals surface area (Å²) in [5, 5.41) is 2.25. The van der Waals surface area contributed by atoms with Gasteiger partial charge in [-0.15, -0.1) is 0 Å². The third-order valence-corrected chi connectivity index (χ3v) is 6.47. The van der Waals surface area contributed by atoms with Crippen molar-refractivity contribution in [1.29, 1.82) is 0 Å². The van der Waals surface area contributed by atoms with Crippen LogP contribution in [0.4, 0.5) is 18.9 Å².